The van der Waals surface area contributed by atoms with E-state index in [1.165, 1.54) is 0 Å². The second kappa shape index (κ2) is 8.23. The molecule has 0 aliphatic rings. The number of halogens is 1. The molecule has 0 radical (unpaired) electrons. The molecule has 0 spiro atoms. The van der Waals surface area contributed by atoms with Gasteiger partial charge in [-0.05, 0) is 51.8 Å². The topological polar surface area (TPSA) is 80.9 Å². The summed E-state index contributed by atoms with van der Waals surface area (Å²) in [6.07, 6.45) is 3.49. The first kappa shape index (κ1) is 19.3. The highest BCUT2D eigenvalue weighted by Crippen LogP contribution is 2.27. The average molecular weight is 472 g/mol. The Kier molecular flexibility index (Phi) is 5.13. The quantitative estimate of drug-likeness (QED) is 0.377. The lowest BCUT2D eigenvalue weighted by molar-refractivity contribution is 0.753. The maximum absolute atomic E-state index is 4.72. The van der Waals surface area contributed by atoms with Crippen LogP contribution >= 0.6 is 15.9 Å². The first-order valence-corrected chi connectivity index (χ1v) is 10.6. The van der Waals surface area contributed by atoms with Crippen LogP contribution in [-0.2, 0) is 0 Å². The largest absolute Gasteiger partial charge is 0.339 e. The van der Waals surface area contributed by atoms with Crippen molar-refractivity contribution in [3.8, 4) is 11.4 Å². The van der Waals surface area contributed by atoms with Crippen LogP contribution in [-0.4, -0.2) is 29.8 Å². The van der Waals surface area contributed by atoms with Gasteiger partial charge in [-0.1, -0.05) is 43.3 Å². The molecule has 0 amide bonds. The lowest BCUT2D eigenvalue weighted by Crippen LogP contribution is -2.07. The number of aromatic nitrogens is 6. The number of fused-ring (bicyclic) bond motifs is 1. The van der Waals surface area contributed by atoms with Crippen molar-refractivity contribution in [3.63, 3.8) is 0 Å². The molecule has 1 N–H and O–H groups in total. The Morgan fingerprint density at radius 3 is 2.52 bits per heavy atom. The number of nitrogens with one attached hydrogen (secondary N) is 1. The van der Waals surface area contributed by atoms with Crippen LogP contribution in [0.25, 0.3) is 17.0 Å². The third kappa shape index (κ3) is 4.02. The number of hydrogen-bond acceptors (Lipinski definition) is 6. The smallest absolute Gasteiger partial charge is 0.178 e. The van der Waals surface area contributed by atoms with Crippen molar-refractivity contribution in [2.45, 2.75) is 12.8 Å². The minimum Gasteiger partial charge on any atom is -0.339 e. The zero-order valence-corrected chi connectivity index (χ0v) is 18.2. The van der Waals surface area contributed by atoms with E-state index in [-0.39, 0.29) is 5.92 Å². The van der Waals surface area contributed by atoms with Gasteiger partial charge < -0.3 is 5.32 Å². The molecule has 3 aromatic heterocycles. The molecule has 8 heteroatoms. The number of anilines is 2. The molecular formula is C23H18BrN7. The van der Waals surface area contributed by atoms with E-state index in [1.54, 1.807) is 16.9 Å². The van der Waals surface area contributed by atoms with Gasteiger partial charge >= 0.3 is 0 Å². The van der Waals surface area contributed by atoms with E-state index in [4.69, 9.17) is 5.10 Å². The summed E-state index contributed by atoms with van der Waals surface area (Å²) in [4.78, 5) is 8.80. The highest BCUT2D eigenvalue weighted by molar-refractivity contribution is 9.10. The fraction of sp³-hybridized carbons (Fsp3) is 0.0870. The second-order valence-corrected chi connectivity index (χ2v) is 8.03. The van der Waals surface area contributed by atoms with Crippen LogP contribution in [0.5, 0.6) is 0 Å². The van der Waals surface area contributed by atoms with Crippen LogP contribution in [0, 0.1) is 0 Å². The van der Waals surface area contributed by atoms with Crippen molar-refractivity contribution in [3.05, 3.63) is 95.0 Å². The number of rotatable bonds is 5. The molecule has 0 aliphatic carbocycles. The van der Waals surface area contributed by atoms with Gasteiger partial charge in [0.15, 0.2) is 23.1 Å². The Morgan fingerprint density at radius 2 is 1.71 bits per heavy atom. The third-order valence-corrected chi connectivity index (χ3v) is 5.40. The Balaban J connectivity index is 1.48. The summed E-state index contributed by atoms with van der Waals surface area (Å²) in [6.45, 7) is 2.09. The predicted molar refractivity (Wildman–Crippen MR) is 123 cm³/mol. The number of benzene rings is 2. The molecule has 5 rings (SSSR count). The molecule has 0 saturated carbocycles. The highest BCUT2D eigenvalue weighted by atomic mass is 79.9. The first-order valence-electron chi connectivity index (χ1n) is 9.80. The average Bonchev–Trinajstić information content (AvgIpc) is 3.23. The van der Waals surface area contributed by atoms with Crippen molar-refractivity contribution >= 4 is 33.1 Å². The molecular weight excluding hydrogens is 454 g/mol. The SMILES string of the molecule is CC(c1cccc(-c2ncc(Br)cn2)c1)c1nnc2ccc(Nc3ccccc3)nn12. The summed E-state index contributed by atoms with van der Waals surface area (Å²) < 4.78 is 2.64. The van der Waals surface area contributed by atoms with Crippen LogP contribution in [0.3, 0.4) is 0 Å². The summed E-state index contributed by atoms with van der Waals surface area (Å²) in [6, 6.07) is 21.9. The van der Waals surface area contributed by atoms with Gasteiger partial charge in [0.05, 0.1) is 4.47 Å². The number of para-hydroxylation sites is 1. The molecule has 0 fully saturated rings. The van der Waals surface area contributed by atoms with Crippen molar-refractivity contribution < 1.29 is 0 Å². The van der Waals surface area contributed by atoms with E-state index in [2.05, 4.69) is 60.5 Å². The van der Waals surface area contributed by atoms with Crippen LogP contribution in [0.4, 0.5) is 11.5 Å². The molecule has 7 nitrogen and oxygen atoms in total. The van der Waals surface area contributed by atoms with Crippen LogP contribution < -0.4 is 5.32 Å². The van der Waals surface area contributed by atoms with Gasteiger partial charge in [0.1, 0.15) is 0 Å². The molecule has 3 heterocycles. The van der Waals surface area contributed by atoms with E-state index >= 15 is 0 Å². The standard InChI is InChI=1S/C23H18BrN7/c1-15(16-6-5-7-17(12-16)22-25-13-18(24)14-26-22)23-29-28-21-11-10-20(30-31(21)23)27-19-8-3-2-4-9-19/h2-15H,1H3,(H,27,30). The van der Waals surface area contributed by atoms with Gasteiger partial charge in [0.25, 0.3) is 0 Å². The summed E-state index contributed by atoms with van der Waals surface area (Å²) in [5.74, 6) is 2.14. The highest BCUT2D eigenvalue weighted by Gasteiger charge is 2.18. The van der Waals surface area contributed by atoms with Crippen LogP contribution in [0.1, 0.15) is 24.2 Å². The summed E-state index contributed by atoms with van der Waals surface area (Å²) in [5, 5.41) is 16.8. The van der Waals surface area contributed by atoms with Gasteiger partial charge in [-0.25, -0.2) is 9.97 Å². The normalized spacial score (nSPS) is 12.1. The summed E-state index contributed by atoms with van der Waals surface area (Å²) in [7, 11) is 0. The Labute approximate surface area is 187 Å². The zero-order chi connectivity index (χ0) is 21.2. The van der Waals surface area contributed by atoms with Crippen molar-refractivity contribution in [1.82, 2.24) is 29.8 Å². The van der Waals surface area contributed by atoms with E-state index in [1.807, 2.05) is 54.6 Å². The molecule has 1 atom stereocenters. The molecule has 2 aromatic carbocycles. The van der Waals surface area contributed by atoms with Gasteiger partial charge in [-0.15, -0.1) is 15.3 Å². The maximum Gasteiger partial charge on any atom is 0.178 e. The van der Waals surface area contributed by atoms with Gasteiger partial charge in [-0.2, -0.15) is 4.52 Å². The van der Waals surface area contributed by atoms with Crippen molar-refractivity contribution in [2.24, 2.45) is 0 Å². The summed E-state index contributed by atoms with van der Waals surface area (Å²) in [5.41, 5.74) is 3.71. The molecule has 152 valence electrons. The molecule has 1 unspecified atom stereocenters. The van der Waals surface area contributed by atoms with Crippen molar-refractivity contribution in [1.29, 1.82) is 0 Å². The van der Waals surface area contributed by atoms with E-state index in [0.717, 1.165) is 32.9 Å². The van der Waals surface area contributed by atoms with Gasteiger partial charge in [0.2, 0.25) is 0 Å². The van der Waals surface area contributed by atoms with Crippen molar-refractivity contribution in [2.75, 3.05) is 5.32 Å². The van der Waals surface area contributed by atoms with E-state index < -0.39 is 0 Å². The lowest BCUT2D eigenvalue weighted by Gasteiger charge is -2.12. The fourth-order valence-corrected chi connectivity index (χ4v) is 3.57. The lowest BCUT2D eigenvalue weighted by atomic mass is 9.98. The fourth-order valence-electron chi connectivity index (χ4n) is 3.37. The van der Waals surface area contributed by atoms with Crippen LogP contribution in [0.2, 0.25) is 0 Å². The Bertz CT molecular complexity index is 1330. The zero-order valence-electron chi connectivity index (χ0n) is 16.6. The number of hydrogen-bond donors (Lipinski definition) is 1. The van der Waals surface area contributed by atoms with Gasteiger partial charge in [0, 0.05) is 29.6 Å². The monoisotopic (exact) mass is 471 g/mol. The van der Waals surface area contributed by atoms with E-state index in [9.17, 15) is 0 Å². The Hall–Kier alpha value is -3.65. The molecule has 31 heavy (non-hydrogen) atoms. The third-order valence-electron chi connectivity index (χ3n) is 4.99. The molecule has 0 aliphatic heterocycles. The first-order chi connectivity index (χ1) is 15.2. The Morgan fingerprint density at radius 1 is 0.903 bits per heavy atom. The number of nitrogens with zero attached hydrogens (tertiary/aromatic N) is 6. The van der Waals surface area contributed by atoms with Gasteiger partial charge in [-0.3, -0.25) is 0 Å². The maximum atomic E-state index is 4.72. The molecule has 0 saturated heterocycles. The molecule has 5 aromatic rings. The van der Waals surface area contributed by atoms with Crippen LogP contribution in [0.15, 0.2) is 83.6 Å². The minimum absolute atomic E-state index is 0.0233. The second-order valence-electron chi connectivity index (χ2n) is 7.11. The predicted octanol–water partition coefficient (Wildman–Crippen LogP) is 5.24. The minimum atomic E-state index is -0.0233. The summed E-state index contributed by atoms with van der Waals surface area (Å²) >= 11 is 3.38. The van der Waals surface area contributed by atoms with E-state index in [0.29, 0.717) is 11.5 Å². The molecule has 0 bridgehead atoms.